The second kappa shape index (κ2) is 5.27. The van der Waals surface area contributed by atoms with Crippen LogP contribution in [0, 0.1) is 6.92 Å². The maximum atomic E-state index is 12.2. The zero-order valence-corrected chi connectivity index (χ0v) is 10.5. The van der Waals surface area contributed by atoms with Gasteiger partial charge in [0.1, 0.15) is 0 Å². The molecule has 0 aromatic carbocycles. The molecule has 0 spiro atoms. The van der Waals surface area contributed by atoms with Gasteiger partial charge in [0, 0.05) is 38.1 Å². The standard InChI is InChI=1S/C13H19N3O/c1-3-15-6-8-16(9-7-15)13(17)12-5-4-11(2)14-10-12/h4-5,10H,3,6-9H2,1-2H3. The highest BCUT2D eigenvalue weighted by molar-refractivity contribution is 5.94. The van der Waals surface area contributed by atoms with Gasteiger partial charge in [0.25, 0.3) is 5.91 Å². The topological polar surface area (TPSA) is 36.4 Å². The zero-order valence-electron chi connectivity index (χ0n) is 10.5. The van der Waals surface area contributed by atoms with Crippen LogP contribution in [0.1, 0.15) is 23.0 Å². The van der Waals surface area contributed by atoms with Crippen LogP contribution in [0.25, 0.3) is 0 Å². The summed E-state index contributed by atoms with van der Waals surface area (Å²) in [6.45, 7) is 8.73. The number of pyridine rings is 1. The summed E-state index contributed by atoms with van der Waals surface area (Å²) < 4.78 is 0. The van der Waals surface area contributed by atoms with Gasteiger partial charge in [-0.25, -0.2) is 0 Å². The van der Waals surface area contributed by atoms with Crippen LogP contribution in [-0.4, -0.2) is 53.4 Å². The molecule has 2 heterocycles. The molecule has 1 aliphatic rings. The monoisotopic (exact) mass is 233 g/mol. The number of carbonyl (C=O) groups excluding carboxylic acids is 1. The van der Waals surface area contributed by atoms with Crippen molar-refractivity contribution in [3.63, 3.8) is 0 Å². The third-order valence-electron chi connectivity index (χ3n) is 3.27. The lowest BCUT2D eigenvalue weighted by molar-refractivity contribution is 0.0643. The summed E-state index contributed by atoms with van der Waals surface area (Å²) >= 11 is 0. The molecule has 0 unspecified atom stereocenters. The van der Waals surface area contributed by atoms with Crippen molar-refractivity contribution < 1.29 is 4.79 Å². The van der Waals surface area contributed by atoms with Crippen molar-refractivity contribution in [2.24, 2.45) is 0 Å². The Kier molecular flexibility index (Phi) is 3.74. The second-order valence-electron chi connectivity index (χ2n) is 4.41. The fourth-order valence-electron chi connectivity index (χ4n) is 2.04. The molecule has 1 saturated heterocycles. The molecule has 1 aromatic heterocycles. The summed E-state index contributed by atoms with van der Waals surface area (Å²) in [5.41, 5.74) is 1.64. The van der Waals surface area contributed by atoms with Gasteiger partial charge >= 0.3 is 0 Å². The number of amides is 1. The number of hydrogen-bond donors (Lipinski definition) is 0. The normalized spacial score (nSPS) is 17.2. The Labute approximate surface area is 102 Å². The van der Waals surface area contributed by atoms with E-state index in [4.69, 9.17) is 0 Å². The average Bonchev–Trinajstić information content (AvgIpc) is 2.39. The van der Waals surface area contributed by atoms with Gasteiger partial charge in [-0.1, -0.05) is 6.92 Å². The van der Waals surface area contributed by atoms with Crippen molar-refractivity contribution in [3.05, 3.63) is 29.6 Å². The predicted octanol–water partition coefficient (Wildman–Crippen LogP) is 1.17. The lowest BCUT2D eigenvalue weighted by Gasteiger charge is -2.34. The van der Waals surface area contributed by atoms with Crippen LogP contribution >= 0.6 is 0 Å². The summed E-state index contributed by atoms with van der Waals surface area (Å²) in [5.74, 6) is 0.105. The molecule has 17 heavy (non-hydrogen) atoms. The molecule has 0 radical (unpaired) electrons. The van der Waals surface area contributed by atoms with E-state index in [0.717, 1.165) is 38.4 Å². The molecular weight excluding hydrogens is 214 g/mol. The minimum atomic E-state index is 0.105. The van der Waals surface area contributed by atoms with E-state index in [1.165, 1.54) is 0 Å². The van der Waals surface area contributed by atoms with E-state index < -0.39 is 0 Å². The lowest BCUT2D eigenvalue weighted by atomic mass is 10.2. The van der Waals surface area contributed by atoms with Crippen molar-refractivity contribution in [2.75, 3.05) is 32.7 Å². The summed E-state index contributed by atoms with van der Waals surface area (Å²) in [7, 11) is 0. The summed E-state index contributed by atoms with van der Waals surface area (Å²) in [6, 6.07) is 3.74. The third kappa shape index (κ3) is 2.82. The summed E-state index contributed by atoms with van der Waals surface area (Å²) in [4.78, 5) is 20.6. The van der Waals surface area contributed by atoms with E-state index in [-0.39, 0.29) is 5.91 Å². The van der Waals surface area contributed by atoms with Gasteiger partial charge in [-0.2, -0.15) is 0 Å². The van der Waals surface area contributed by atoms with E-state index >= 15 is 0 Å². The largest absolute Gasteiger partial charge is 0.336 e. The number of piperazine rings is 1. The molecule has 4 heteroatoms. The molecule has 92 valence electrons. The Morgan fingerprint density at radius 2 is 2.00 bits per heavy atom. The van der Waals surface area contributed by atoms with Gasteiger partial charge in [-0.15, -0.1) is 0 Å². The van der Waals surface area contributed by atoms with Crippen molar-refractivity contribution >= 4 is 5.91 Å². The Hall–Kier alpha value is -1.42. The van der Waals surface area contributed by atoms with Crippen molar-refractivity contribution in [1.82, 2.24) is 14.8 Å². The molecule has 4 nitrogen and oxygen atoms in total. The lowest BCUT2D eigenvalue weighted by Crippen LogP contribution is -2.48. The first kappa shape index (κ1) is 12.0. The highest BCUT2D eigenvalue weighted by Crippen LogP contribution is 2.08. The second-order valence-corrected chi connectivity index (χ2v) is 4.41. The molecule has 0 atom stereocenters. The summed E-state index contributed by atoms with van der Waals surface area (Å²) in [5, 5.41) is 0. The molecule has 1 amide bonds. The van der Waals surface area contributed by atoms with Crippen LogP contribution in [0.4, 0.5) is 0 Å². The predicted molar refractivity (Wildman–Crippen MR) is 67.0 cm³/mol. The van der Waals surface area contributed by atoms with E-state index in [9.17, 15) is 4.79 Å². The molecule has 1 fully saturated rings. The molecule has 1 aliphatic heterocycles. The van der Waals surface area contributed by atoms with E-state index in [0.29, 0.717) is 5.56 Å². The molecule has 1 aromatic rings. The Morgan fingerprint density at radius 3 is 2.53 bits per heavy atom. The van der Waals surface area contributed by atoms with Crippen molar-refractivity contribution in [2.45, 2.75) is 13.8 Å². The first-order chi connectivity index (χ1) is 8.20. The number of rotatable bonds is 2. The van der Waals surface area contributed by atoms with Gasteiger partial charge in [0.15, 0.2) is 0 Å². The molecule has 2 rings (SSSR count). The number of carbonyl (C=O) groups is 1. The quantitative estimate of drug-likeness (QED) is 0.769. The van der Waals surface area contributed by atoms with E-state index in [1.54, 1.807) is 6.20 Å². The number of aromatic nitrogens is 1. The Bertz CT molecular complexity index is 380. The Morgan fingerprint density at radius 1 is 1.29 bits per heavy atom. The number of hydrogen-bond acceptors (Lipinski definition) is 3. The van der Waals surface area contributed by atoms with Gasteiger partial charge in [-0.3, -0.25) is 9.78 Å². The minimum Gasteiger partial charge on any atom is -0.336 e. The molecule has 0 saturated carbocycles. The number of aryl methyl sites for hydroxylation is 1. The van der Waals surface area contributed by atoms with Crippen molar-refractivity contribution in [1.29, 1.82) is 0 Å². The van der Waals surface area contributed by atoms with E-state index in [1.807, 2.05) is 24.0 Å². The molecule has 0 bridgehead atoms. The highest BCUT2D eigenvalue weighted by Gasteiger charge is 2.21. The maximum absolute atomic E-state index is 12.2. The van der Waals surface area contributed by atoms with Gasteiger partial charge in [-0.05, 0) is 25.6 Å². The van der Waals surface area contributed by atoms with Crippen LogP contribution in [0.3, 0.4) is 0 Å². The van der Waals surface area contributed by atoms with Crippen LogP contribution in [0.5, 0.6) is 0 Å². The smallest absolute Gasteiger partial charge is 0.255 e. The number of likely N-dealkylation sites (N-methyl/N-ethyl adjacent to an activating group) is 1. The van der Waals surface area contributed by atoms with Crippen LogP contribution in [0.2, 0.25) is 0 Å². The van der Waals surface area contributed by atoms with Gasteiger partial charge in [0.2, 0.25) is 0 Å². The van der Waals surface area contributed by atoms with Crippen LogP contribution in [-0.2, 0) is 0 Å². The zero-order chi connectivity index (χ0) is 12.3. The Balaban J connectivity index is 1.99. The molecule has 0 N–H and O–H groups in total. The first-order valence-corrected chi connectivity index (χ1v) is 6.15. The minimum absolute atomic E-state index is 0.105. The fraction of sp³-hybridized carbons (Fsp3) is 0.538. The third-order valence-corrected chi connectivity index (χ3v) is 3.27. The van der Waals surface area contributed by atoms with Crippen LogP contribution < -0.4 is 0 Å². The van der Waals surface area contributed by atoms with E-state index in [2.05, 4.69) is 16.8 Å². The number of nitrogens with zero attached hydrogens (tertiary/aromatic N) is 3. The average molecular weight is 233 g/mol. The first-order valence-electron chi connectivity index (χ1n) is 6.15. The van der Waals surface area contributed by atoms with Gasteiger partial charge < -0.3 is 9.80 Å². The van der Waals surface area contributed by atoms with Crippen molar-refractivity contribution in [3.8, 4) is 0 Å². The molecule has 0 aliphatic carbocycles. The highest BCUT2D eigenvalue weighted by atomic mass is 16.2. The molecular formula is C13H19N3O. The summed E-state index contributed by atoms with van der Waals surface area (Å²) in [6.07, 6.45) is 1.67. The maximum Gasteiger partial charge on any atom is 0.255 e. The fourth-order valence-corrected chi connectivity index (χ4v) is 2.04. The van der Waals surface area contributed by atoms with Gasteiger partial charge in [0.05, 0.1) is 5.56 Å². The van der Waals surface area contributed by atoms with Crippen LogP contribution in [0.15, 0.2) is 18.3 Å². The SMILES string of the molecule is CCN1CCN(C(=O)c2ccc(C)nc2)CC1.